The molecule has 0 heterocycles. The predicted octanol–water partition coefficient (Wildman–Crippen LogP) is 4.15. The number of methoxy groups -OCH3 is 1. The molecule has 0 bridgehead atoms. The highest BCUT2D eigenvalue weighted by atomic mass is 35.5. The fourth-order valence-electron chi connectivity index (χ4n) is 2.03. The highest BCUT2D eigenvalue weighted by molar-refractivity contribution is 6.31. The van der Waals surface area contributed by atoms with E-state index in [1.165, 1.54) is 6.07 Å². The van der Waals surface area contributed by atoms with E-state index in [0.717, 1.165) is 11.3 Å². The van der Waals surface area contributed by atoms with E-state index in [1.807, 2.05) is 24.3 Å². The summed E-state index contributed by atoms with van der Waals surface area (Å²) in [5.41, 5.74) is 1.51. The topological polar surface area (TPSA) is 29.5 Å². The Bertz CT molecular complexity index is 569. The van der Waals surface area contributed by atoms with Gasteiger partial charge in [0.1, 0.15) is 11.6 Å². The summed E-state index contributed by atoms with van der Waals surface area (Å²) in [5.74, 6) is 0.287. The van der Waals surface area contributed by atoms with E-state index in [2.05, 4.69) is 0 Å². The third kappa shape index (κ3) is 3.50. The van der Waals surface area contributed by atoms with Gasteiger partial charge in [0.05, 0.1) is 18.2 Å². The second-order valence-corrected chi connectivity index (χ2v) is 4.92. The lowest BCUT2D eigenvalue weighted by Gasteiger charge is -2.13. The number of benzene rings is 2. The van der Waals surface area contributed by atoms with E-state index in [1.54, 1.807) is 19.2 Å². The largest absolute Gasteiger partial charge is 0.497 e. The van der Waals surface area contributed by atoms with Crippen LogP contribution >= 0.6 is 11.6 Å². The van der Waals surface area contributed by atoms with Crippen molar-refractivity contribution in [3.05, 3.63) is 64.4 Å². The molecule has 0 aliphatic heterocycles. The molecule has 2 aromatic carbocycles. The molecule has 0 aliphatic rings. The van der Waals surface area contributed by atoms with Crippen molar-refractivity contribution < 1.29 is 14.2 Å². The smallest absolute Gasteiger partial charge is 0.142 e. The summed E-state index contributed by atoms with van der Waals surface area (Å²) in [5, 5.41) is 10.1. The van der Waals surface area contributed by atoms with Crippen molar-refractivity contribution in [3.8, 4) is 5.75 Å². The van der Waals surface area contributed by atoms with Gasteiger partial charge in [0, 0.05) is 5.56 Å². The van der Waals surface area contributed by atoms with Crippen LogP contribution in [0.5, 0.6) is 5.75 Å². The molecule has 2 rings (SSSR count). The molecule has 2 nitrogen and oxygen atoms in total. The molecule has 0 radical (unpaired) electrons. The van der Waals surface area contributed by atoms with Crippen LogP contribution in [-0.2, 0) is 6.42 Å². The summed E-state index contributed by atoms with van der Waals surface area (Å²) in [6.45, 7) is 0. The van der Waals surface area contributed by atoms with Gasteiger partial charge in [-0.3, -0.25) is 0 Å². The minimum Gasteiger partial charge on any atom is -0.497 e. The van der Waals surface area contributed by atoms with Crippen molar-refractivity contribution in [2.24, 2.45) is 0 Å². The first-order valence-corrected chi connectivity index (χ1v) is 6.74. The molecule has 1 atom stereocenters. The standard InChI is InChI=1S/C16H16ClFO2/c1-20-12-8-5-11(6-9-12)7-10-15(19)13-3-2-4-14(18)16(13)17/h2-6,8-9,15,19H,7,10H2,1H3. The Kier molecular flexibility index (Phi) is 4.99. The second-order valence-electron chi connectivity index (χ2n) is 4.55. The van der Waals surface area contributed by atoms with Crippen LogP contribution in [-0.4, -0.2) is 12.2 Å². The van der Waals surface area contributed by atoms with E-state index in [0.29, 0.717) is 18.4 Å². The van der Waals surface area contributed by atoms with Crippen LogP contribution in [0.1, 0.15) is 23.7 Å². The lowest BCUT2D eigenvalue weighted by Crippen LogP contribution is -2.01. The summed E-state index contributed by atoms with van der Waals surface area (Å²) in [6.07, 6.45) is 0.383. The number of hydrogen-bond acceptors (Lipinski definition) is 2. The van der Waals surface area contributed by atoms with Gasteiger partial charge >= 0.3 is 0 Å². The van der Waals surface area contributed by atoms with Crippen LogP contribution < -0.4 is 4.74 Å². The van der Waals surface area contributed by atoms with E-state index in [9.17, 15) is 9.50 Å². The van der Waals surface area contributed by atoms with Crippen LogP contribution in [0.4, 0.5) is 4.39 Å². The van der Waals surface area contributed by atoms with Crippen LogP contribution in [0.3, 0.4) is 0 Å². The number of aryl methyl sites for hydroxylation is 1. The first-order chi connectivity index (χ1) is 9.61. The highest BCUT2D eigenvalue weighted by Gasteiger charge is 2.14. The highest BCUT2D eigenvalue weighted by Crippen LogP contribution is 2.28. The van der Waals surface area contributed by atoms with Gasteiger partial charge in [-0.1, -0.05) is 35.9 Å². The van der Waals surface area contributed by atoms with Crippen molar-refractivity contribution >= 4 is 11.6 Å². The van der Waals surface area contributed by atoms with Gasteiger partial charge in [-0.2, -0.15) is 0 Å². The molecule has 0 aromatic heterocycles. The first-order valence-electron chi connectivity index (χ1n) is 6.36. The summed E-state index contributed by atoms with van der Waals surface area (Å²) in [6, 6.07) is 12.1. The maximum absolute atomic E-state index is 13.3. The maximum atomic E-state index is 13.3. The van der Waals surface area contributed by atoms with Crippen molar-refractivity contribution in [3.63, 3.8) is 0 Å². The van der Waals surface area contributed by atoms with Gasteiger partial charge in [-0.05, 0) is 36.6 Å². The summed E-state index contributed by atoms with van der Waals surface area (Å²) < 4.78 is 18.4. The number of rotatable bonds is 5. The second kappa shape index (κ2) is 6.73. The van der Waals surface area contributed by atoms with Gasteiger partial charge in [-0.15, -0.1) is 0 Å². The number of halogens is 2. The molecule has 1 unspecified atom stereocenters. The molecular formula is C16H16ClFO2. The Labute approximate surface area is 122 Å². The molecule has 1 N–H and O–H groups in total. The van der Waals surface area contributed by atoms with E-state index >= 15 is 0 Å². The average Bonchev–Trinajstić information content (AvgIpc) is 2.48. The summed E-state index contributed by atoms with van der Waals surface area (Å²) in [4.78, 5) is 0. The number of hydrogen-bond donors (Lipinski definition) is 1. The first kappa shape index (κ1) is 14.8. The Hall–Kier alpha value is -1.58. The van der Waals surface area contributed by atoms with Gasteiger partial charge in [-0.25, -0.2) is 4.39 Å². The van der Waals surface area contributed by atoms with Crippen molar-refractivity contribution in [2.75, 3.05) is 7.11 Å². The third-order valence-electron chi connectivity index (χ3n) is 3.21. The Morgan fingerprint density at radius 3 is 2.55 bits per heavy atom. The normalized spacial score (nSPS) is 12.2. The number of aliphatic hydroxyl groups excluding tert-OH is 1. The zero-order valence-electron chi connectivity index (χ0n) is 11.1. The molecule has 0 saturated heterocycles. The molecule has 106 valence electrons. The maximum Gasteiger partial charge on any atom is 0.142 e. The van der Waals surface area contributed by atoms with Crippen LogP contribution in [0.15, 0.2) is 42.5 Å². The monoisotopic (exact) mass is 294 g/mol. The van der Waals surface area contributed by atoms with E-state index in [-0.39, 0.29) is 5.02 Å². The molecule has 4 heteroatoms. The fraction of sp³-hybridized carbons (Fsp3) is 0.250. The molecule has 0 amide bonds. The minimum absolute atomic E-state index is 0.00488. The van der Waals surface area contributed by atoms with Crippen molar-refractivity contribution in [1.82, 2.24) is 0 Å². The fourth-order valence-corrected chi connectivity index (χ4v) is 2.28. The molecule has 20 heavy (non-hydrogen) atoms. The Morgan fingerprint density at radius 2 is 1.90 bits per heavy atom. The van der Waals surface area contributed by atoms with Crippen LogP contribution in [0, 0.1) is 5.82 Å². The molecule has 0 spiro atoms. The van der Waals surface area contributed by atoms with Gasteiger partial charge in [0.25, 0.3) is 0 Å². The lowest BCUT2D eigenvalue weighted by atomic mass is 10.0. The number of ether oxygens (including phenoxy) is 1. The van der Waals surface area contributed by atoms with Gasteiger partial charge in [0.2, 0.25) is 0 Å². The molecule has 0 saturated carbocycles. The molecule has 2 aromatic rings. The molecule has 0 aliphatic carbocycles. The Morgan fingerprint density at radius 1 is 1.20 bits per heavy atom. The minimum atomic E-state index is -0.777. The Balaban J connectivity index is 2.00. The zero-order chi connectivity index (χ0) is 14.5. The number of aliphatic hydroxyl groups is 1. The van der Waals surface area contributed by atoms with E-state index in [4.69, 9.17) is 16.3 Å². The SMILES string of the molecule is COc1ccc(CCC(O)c2cccc(F)c2Cl)cc1. The van der Waals surface area contributed by atoms with Crippen LogP contribution in [0.2, 0.25) is 5.02 Å². The lowest BCUT2D eigenvalue weighted by molar-refractivity contribution is 0.167. The predicted molar refractivity (Wildman–Crippen MR) is 77.7 cm³/mol. The van der Waals surface area contributed by atoms with Gasteiger partial charge in [0.15, 0.2) is 0 Å². The molecular weight excluding hydrogens is 279 g/mol. The van der Waals surface area contributed by atoms with E-state index < -0.39 is 11.9 Å². The van der Waals surface area contributed by atoms with Crippen molar-refractivity contribution in [1.29, 1.82) is 0 Å². The van der Waals surface area contributed by atoms with Crippen LogP contribution in [0.25, 0.3) is 0 Å². The van der Waals surface area contributed by atoms with Crippen molar-refractivity contribution in [2.45, 2.75) is 18.9 Å². The summed E-state index contributed by atoms with van der Waals surface area (Å²) in [7, 11) is 1.62. The quantitative estimate of drug-likeness (QED) is 0.897. The van der Waals surface area contributed by atoms with Gasteiger partial charge < -0.3 is 9.84 Å². The average molecular weight is 295 g/mol. The third-order valence-corrected chi connectivity index (χ3v) is 3.60. The summed E-state index contributed by atoms with van der Waals surface area (Å²) >= 11 is 5.86. The zero-order valence-corrected chi connectivity index (χ0v) is 11.9. The molecule has 0 fully saturated rings.